The molecule has 0 aliphatic carbocycles. The summed E-state index contributed by atoms with van der Waals surface area (Å²) in [7, 11) is 3.82. The van der Waals surface area contributed by atoms with Gasteiger partial charge in [-0.2, -0.15) is 5.10 Å². The van der Waals surface area contributed by atoms with Crippen LogP contribution in [0.3, 0.4) is 0 Å². The summed E-state index contributed by atoms with van der Waals surface area (Å²) >= 11 is 1.61. The van der Waals surface area contributed by atoms with Gasteiger partial charge < -0.3 is 14.5 Å². The number of thiophene rings is 1. The van der Waals surface area contributed by atoms with Gasteiger partial charge in [0.15, 0.2) is 11.5 Å². The van der Waals surface area contributed by atoms with E-state index >= 15 is 0 Å². The SMILES string of the molecule is CN(C)c1ccc(OC2CCCN(C(=O)c3cc(-c4cccs4)[nH]n3)C2)nn1. The number of nitrogens with zero attached hydrogens (tertiary/aromatic N) is 5. The van der Waals surface area contributed by atoms with Crippen molar-refractivity contribution in [3.05, 3.63) is 41.4 Å². The van der Waals surface area contributed by atoms with Crippen LogP contribution in [0.2, 0.25) is 0 Å². The van der Waals surface area contributed by atoms with Crippen LogP contribution in [0.5, 0.6) is 5.88 Å². The minimum absolute atomic E-state index is 0.0820. The van der Waals surface area contributed by atoms with Crippen molar-refractivity contribution in [3.63, 3.8) is 0 Å². The number of likely N-dealkylation sites (tertiary alicyclic amines) is 1. The van der Waals surface area contributed by atoms with Crippen LogP contribution in [0.1, 0.15) is 23.3 Å². The highest BCUT2D eigenvalue weighted by Crippen LogP contribution is 2.24. The molecule has 28 heavy (non-hydrogen) atoms. The first-order valence-electron chi connectivity index (χ1n) is 9.16. The normalized spacial score (nSPS) is 16.8. The van der Waals surface area contributed by atoms with Crippen molar-refractivity contribution < 1.29 is 9.53 Å². The van der Waals surface area contributed by atoms with Gasteiger partial charge in [0.1, 0.15) is 6.10 Å². The molecule has 1 aliphatic rings. The van der Waals surface area contributed by atoms with Crippen LogP contribution < -0.4 is 9.64 Å². The van der Waals surface area contributed by atoms with Crippen LogP contribution in [-0.4, -0.2) is 64.5 Å². The number of aromatic nitrogens is 4. The zero-order valence-electron chi connectivity index (χ0n) is 15.8. The Balaban J connectivity index is 1.40. The molecule has 3 aromatic heterocycles. The van der Waals surface area contributed by atoms with Crippen LogP contribution in [0.25, 0.3) is 10.6 Å². The molecule has 0 saturated carbocycles. The highest BCUT2D eigenvalue weighted by molar-refractivity contribution is 7.13. The van der Waals surface area contributed by atoms with E-state index in [0.29, 0.717) is 24.7 Å². The van der Waals surface area contributed by atoms with Crippen molar-refractivity contribution in [2.45, 2.75) is 18.9 Å². The Morgan fingerprint density at radius 2 is 2.21 bits per heavy atom. The zero-order valence-corrected chi connectivity index (χ0v) is 16.6. The number of ether oxygens (including phenoxy) is 1. The van der Waals surface area contributed by atoms with Gasteiger partial charge in [-0.1, -0.05) is 6.07 Å². The number of piperidine rings is 1. The first-order chi connectivity index (χ1) is 13.6. The predicted molar refractivity (Wildman–Crippen MR) is 108 cm³/mol. The second-order valence-electron chi connectivity index (χ2n) is 6.90. The van der Waals surface area contributed by atoms with Crippen LogP contribution >= 0.6 is 11.3 Å². The van der Waals surface area contributed by atoms with Gasteiger partial charge in [-0.15, -0.1) is 21.5 Å². The van der Waals surface area contributed by atoms with Crippen LogP contribution in [0.15, 0.2) is 35.7 Å². The van der Waals surface area contributed by atoms with Crippen molar-refractivity contribution in [2.75, 3.05) is 32.1 Å². The second kappa shape index (κ2) is 7.97. The summed E-state index contributed by atoms with van der Waals surface area (Å²) in [6.45, 7) is 1.21. The van der Waals surface area contributed by atoms with E-state index in [-0.39, 0.29) is 12.0 Å². The fourth-order valence-corrected chi connectivity index (χ4v) is 3.85. The van der Waals surface area contributed by atoms with E-state index < -0.39 is 0 Å². The Hall–Kier alpha value is -2.94. The van der Waals surface area contributed by atoms with Crippen molar-refractivity contribution >= 4 is 23.1 Å². The first-order valence-corrected chi connectivity index (χ1v) is 10.0. The van der Waals surface area contributed by atoms with E-state index in [2.05, 4.69) is 20.4 Å². The lowest BCUT2D eigenvalue weighted by atomic mass is 10.1. The van der Waals surface area contributed by atoms with Crippen molar-refractivity contribution in [3.8, 4) is 16.5 Å². The summed E-state index contributed by atoms with van der Waals surface area (Å²) in [4.78, 5) is 17.6. The number of aromatic amines is 1. The molecule has 1 unspecified atom stereocenters. The minimum Gasteiger partial charge on any atom is -0.471 e. The van der Waals surface area contributed by atoms with Gasteiger partial charge >= 0.3 is 0 Å². The Kier molecular flexibility index (Phi) is 5.25. The highest BCUT2D eigenvalue weighted by Gasteiger charge is 2.27. The molecular formula is C19H22N6O2S. The molecule has 1 amide bonds. The number of H-pyrrole nitrogens is 1. The third-order valence-electron chi connectivity index (χ3n) is 4.62. The summed E-state index contributed by atoms with van der Waals surface area (Å²) in [5.74, 6) is 1.17. The molecule has 0 radical (unpaired) electrons. The molecule has 4 heterocycles. The molecule has 1 fully saturated rings. The summed E-state index contributed by atoms with van der Waals surface area (Å²) in [6.07, 6.45) is 1.65. The number of anilines is 1. The molecule has 4 rings (SSSR count). The van der Waals surface area contributed by atoms with Crippen molar-refractivity contribution in [2.24, 2.45) is 0 Å². The maximum Gasteiger partial charge on any atom is 0.274 e. The Morgan fingerprint density at radius 1 is 1.32 bits per heavy atom. The van der Waals surface area contributed by atoms with Crippen molar-refractivity contribution in [1.29, 1.82) is 0 Å². The number of hydrogen-bond donors (Lipinski definition) is 1. The zero-order chi connectivity index (χ0) is 19.5. The van der Waals surface area contributed by atoms with Gasteiger partial charge in [0.25, 0.3) is 5.91 Å². The van der Waals surface area contributed by atoms with E-state index in [4.69, 9.17) is 4.74 Å². The van der Waals surface area contributed by atoms with E-state index in [1.165, 1.54) is 0 Å². The number of rotatable bonds is 5. The fourth-order valence-electron chi connectivity index (χ4n) is 3.16. The molecule has 0 spiro atoms. The summed E-state index contributed by atoms with van der Waals surface area (Å²) in [6, 6.07) is 9.46. The molecule has 1 atom stereocenters. The number of carbonyl (C=O) groups excluding carboxylic acids is 1. The number of nitrogens with one attached hydrogen (secondary N) is 1. The minimum atomic E-state index is -0.104. The van der Waals surface area contributed by atoms with Crippen LogP contribution in [-0.2, 0) is 0 Å². The molecule has 9 heteroatoms. The summed E-state index contributed by atoms with van der Waals surface area (Å²) in [5.41, 5.74) is 1.29. The van der Waals surface area contributed by atoms with Gasteiger partial charge in [-0.25, -0.2) is 0 Å². The Labute approximate surface area is 167 Å². The molecule has 0 aromatic carbocycles. The lowest BCUT2D eigenvalue weighted by molar-refractivity contribution is 0.0520. The standard InChI is InChI=1S/C19H22N6O2S/c1-24(2)17-7-8-18(23-22-17)27-13-5-3-9-25(12-13)19(26)15-11-14(20-21-15)16-6-4-10-28-16/h4,6-8,10-11,13H,3,5,9,12H2,1-2H3,(H,20,21). The predicted octanol–water partition coefficient (Wildman–Crippen LogP) is 2.68. The summed E-state index contributed by atoms with van der Waals surface area (Å²) < 4.78 is 5.96. The van der Waals surface area contributed by atoms with E-state index in [0.717, 1.165) is 29.2 Å². The average Bonchev–Trinajstić information content (AvgIpc) is 3.40. The average molecular weight is 398 g/mol. The Bertz CT molecular complexity index is 922. The maximum atomic E-state index is 12.9. The quantitative estimate of drug-likeness (QED) is 0.711. The molecule has 1 saturated heterocycles. The monoisotopic (exact) mass is 398 g/mol. The van der Waals surface area contributed by atoms with E-state index in [9.17, 15) is 4.79 Å². The largest absolute Gasteiger partial charge is 0.471 e. The molecule has 0 bridgehead atoms. The van der Waals surface area contributed by atoms with Crippen LogP contribution in [0.4, 0.5) is 5.82 Å². The molecule has 3 aromatic rings. The van der Waals surface area contributed by atoms with Gasteiger partial charge in [0.05, 0.1) is 17.1 Å². The third-order valence-corrected chi connectivity index (χ3v) is 5.52. The topological polar surface area (TPSA) is 87.2 Å². The van der Waals surface area contributed by atoms with Gasteiger partial charge in [0, 0.05) is 26.7 Å². The third kappa shape index (κ3) is 3.99. The Morgan fingerprint density at radius 3 is 2.93 bits per heavy atom. The van der Waals surface area contributed by atoms with Crippen LogP contribution in [0, 0.1) is 0 Å². The molecular weight excluding hydrogens is 376 g/mol. The van der Waals surface area contributed by atoms with Gasteiger partial charge in [-0.05, 0) is 36.4 Å². The summed E-state index contributed by atoms with van der Waals surface area (Å²) in [5, 5.41) is 17.4. The first kappa shape index (κ1) is 18.4. The number of carbonyl (C=O) groups is 1. The molecule has 146 valence electrons. The molecule has 1 N–H and O–H groups in total. The molecule has 1 aliphatic heterocycles. The second-order valence-corrected chi connectivity index (χ2v) is 7.85. The fraction of sp³-hybridized carbons (Fsp3) is 0.368. The highest BCUT2D eigenvalue weighted by atomic mass is 32.1. The smallest absolute Gasteiger partial charge is 0.274 e. The maximum absolute atomic E-state index is 12.9. The van der Waals surface area contributed by atoms with Gasteiger partial charge in [-0.3, -0.25) is 9.89 Å². The van der Waals surface area contributed by atoms with Crippen molar-refractivity contribution in [1.82, 2.24) is 25.3 Å². The molecule has 8 nitrogen and oxygen atoms in total. The number of amides is 1. The van der Waals surface area contributed by atoms with Gasteiger partial charge in [0.2, 0.25) is 5.88 Å². The lowest BCUT2D eigenvalue weighted by Crippen LogP contribution is -2.44. The van der Waals surface area contributed by atoms with E-state index in [1.807, 2.05) is 54.7 Å². The number of hydrogen-bond acceptors (Lipinski definition) is 7. The lowest BCUT2D eigenvalue weighted by Gasteiger charge is -2.32. The van der Waals surface area contributed by atoms with E-state index in [1.54, 1.807) is 16.2 Å².